The number of ether oxygens (including phenoxy) is 1. The van der Waals surface area contributed by atoms with Gasteiger partial charge in [0.25, 0.3) is 5.69 Å². The average Bonchev–Trinajstić information content (AvgIpc) is 2.47. The lowest BCUT2D eigenvalue weighted by molar-refractivity contribution is -0.384. The molecule has 0 saturated heterocycles. The molecule has 114 valence electrons. The Kier molecular flexibility index (Phi) is 4.80. The van der Waals surface area contributed by atoms with Gasteiger partial charge in [-0.25, -0.2) is 4.79 Å². The van der Waals surface area contributed by atoms with Gasteiger partial charge in [-0.2, -0.15) is 0 Å². The van der Waals surface area contributed by atoms with Crippen molar-refractivity contribution in [3.05, 3.63) is 57.6 Å². The van der Waals surface area contributed by atoms with E-state index in [1.807, 2.05) is 0 Å². The van der Waals surface area contributed by atoms with Crippen LogP contribution in [0.15, 0.2) is 42.5 Å². The molecule has 0 heterocycles. The van der Waals surface area contributed by atoms with Crippen molar-refractivity contribution in [3.63, 3.8) is 0 Å². The SMILES string of the molecule is COc1ccc(NC(=O)Nc2cccc(Cl)c2)c([N+](=O)[O-])c1. The quantitative estimate of drug-likeness (QED) is 0.659. The van der Waals surface area contributed by atoms with Gasteiger partial charge < -0.3 is 15.4 Å². The third-order valence-electron chi connectivity index (χ3n) is 2.73. The summed E-state index contributed by atoms with van der Waals surface area (Å²) in [6.07, 6.45) is 0. The van der Waals surface area contributed by atoms with E-state index in [1.54, 1.807) is 24.3 Å². The number of hydrogen-bond acceptors (Lipinski definition) is 4. The summed E-state index contributed by atoms with van der Waals surface area (Å²) in [4.78, 5) is 22.3. The molecule has 0 saturated carbocycles. The molecule has 0 unspecified atom stereocenters. The molecule has 0 atom stereocenters. The maximum atomic E-state index is 11.9. The van der Waals surface area contributed by atoms with Crippen LogP contribution < -0.4 is 15.4 Å². The highest BCUT2D eigenvalue weighted by molar-refractivity contribution is 6.30. The summed E-state index contributed by atoms with van der Waals surface area (Å²) < 4.78 is 4.93. The zero-order valence-electron chi connectivity index (χ0n) is 11.5. The van der Waals surface area contributed by atoms with Crippen LogP contribution >= 0.6 is 11.6 Å². The Morgan fingerprint density at radius 1 is 1.23 bits per heavy atom. The maximum Gasteiger partial charge on any atom is 0.323 e. The van der Waals surface area contributed by atoms with Crippen LogP contribution in [0.1, 0.15) is 0 Å². The monoisotopic (exact) mass is 321 g/mol. The highest BCUT2D eigenvalue weighted by atomic mass is 35.5. The van der Waals surface area contributed by atoms with Crippen molar-refractivity contribution in [1.82, 2.24) is 0 Å². The highest BCUT2D eigenvalue weighted by Crippen LogP contribution is 2.29. The Hall–Kier alpha value is -2.80. The second kappa shape index (κ2) is 6.77. The number of methoxy groups -OCH3 is 1. The van der Waals surface area contributed by atoms with Gasteiger partial charge in [0, 0.05) is 10.7 Å². The van der Waals surface area contributed by atoms with Gasteiger partial charge in [0.05, 0.1) is 18.1 Å². The molecule has 0 fully saturated rings. The first-order chi connectivity index (χ1) is 10.5. The molecule has 0 bridgehead atoms. The number of carbonyl (C=O) groups excluding carboxylic acids is 1. The lowest BCUT2D eigenvalue weighted by Crippen LogP contribution is -2.20. The number of hydrogen-bond donors (Lipinski definition) is 2. The van der Waals surface area contributed by atoms with Gasteiger partial charge in [0.2, 0.25) is 0 Å². The summed E-state index contributed by atoms with van der Waals surface area (Å²) in [5.74, 6) is 0.326. The summed E-state index contributed by atoms with van der Waals surface area (Å²) in [5.41, 5.74) is 0.270. The van der Waals surface area contributed by atoms with E-state index in [2.05, 4.69) is 10.6 Å². The van der Waals surface area contributed by atoms with E-state index >= 15 is 0 Å². The largest absolute Gasteiger partial charge is 0.496 e. The number of halogens is 1. The molecular formula is C14H12ClN3O4. The van der Waals surface area contributed by atoms with Gasteiger partial charge in [-0.1, -0.05) is 17.7 Å². The predicted molar refractivity (Wildman–Crippen MR) is 83.7 cm³/mol. The summed E-state index contributed by atoms with van der Waals surface area (Å²) in [5, 5.41) is 16.5. The lowest BCUT2D eigenvalue weighted by atomic mass is 10.2. The van der Waals surface area contributed by atoms with E-state index in [0.29, 0.717) is 16.5 Å². The van der Waals surface area contributed by atoms with Crippen molar-refractivity contribution in [2.24, 2.45) is 0 Å². The topological polar surface area (TPSA) is 93.5 Å². The number of nitro benzene ring substituents is 1. The molecule has 2 aromatic carbocycles. The van der Waals surface area contributed by atoms with Gasteiger partial charge in [-0.15, -0.1) is 0 Å². The van der Waals surface area contributed by atoms with E-state index in [-0.39, 0.29) is 11.4 Å². The summed E-state index contributed by atoms with van der Waals surface area (Å²) in [7, 11) is 1.40. The third kappa shape index (κ3) is 3.86. The first-order valence-electron chi connectivity index (χ1n) is 6.15. The number of carbonyl (C=O) groups is 1. The molecular weight excluding hydrogens is 310 g/mol. The fraction of sp³-hybridized carbons (Fsp3) is 0.0714. The van der Waals surface area contributed by atoms with E-state index < -0.39 is 11.0 Å². The van der Waals surface area contributed by atoms with Crippen molar-refractivity contribution >= 4 is 34.7 Å². The van der Waals surface area contributed by atoms with Crippen molar-refractivity contribution in [2.45, 2.75) is 0 Å². The Labute approximate surface area is 131 Å². The Balaban J connectivity index is 2.16. The van der Waals surface area contributed by atoms with Crippen molar-refractivity contribution in [1.29, 1.82) is 0 Å². The molecule has 8 heteroatoms. The molecule has 22 heavy (non-hydrogen) atoms. The molecule has 0 spiro atoms. The minimum Gasteiger partial charge on any atom is -0.496 e. The van der Waals surface area contributed by atoms with Gasteiger partial charge in [-0.3, -0.25) is 10.1 Å². The fourth-order valence-corrected chi connectivity index (χ4v) is 1.94. The van der Waals surface area contributed by atoms with Crippen molar-refractivity contribution in [2.75, 3.05) is 17.7 Å². The molecule has 2 aromatic rings. The first-order valence-corrected chi connectivity index (χ1v) is 6.53. The minimum atomic E-state index is -0.615. The van der Waals surface area contributed by atoms with Crippen LogP contribution in [0, 0.1) is 10.1 Å². The number of nitrogens with zero attached hydrogens (tertiary/aromatic N) is 1. The molecule has 0 aromatic heterocycles. The number of amides is 2. The number of urea groups is 1. The molecule has 2 N–H and O–H groups in total. The zero-order valence-corrected chi connectivity index (χ0v) is 12.3. The number of nitro groups is 1. The van der Waals surface area contributed by atoms with Crippen molar-refractivity contribution in [3.8, 4) is 5.75 Å². The van der Waals surface area contributed by atoms with E-state index in [1.165, 1.54) is 25.3 Å². The van der Waals surface area contributed by atoms with Gasteiger partial charge in [0.15, 0.2) is 0 Å². The molecule has 0 radical (unpaired) electrons. The Bertz CT molecular complexity index is 721. The Morgan fingerprint density at radius 2 is 2.00 bits per heavy atom. The lowest BCUT2D eigenvalue weighted by Gasteiger charge is -2.09. The van der Waals surface area contributed by atoms with E-state index in [4.69, 9.17) is 16.3 Å². The number of rotatable bonds is 4. The summed E-state index contributed by atoms with van der Waals surface area (Å²) >= 11 is 5.81. The normalized spacial score (nSPS) is 9.91. The van der Waals surface area contributed by atoms with Crippen LogP contribution in [0.5, 0.6) is 5.75 Å². The van der Waals surface area contributed by atoms with Gasteiger partial charge in [-0.05, 0) is 30.3 Å². The average molecular weight is 322 g/mol. The van der Waals surface area contributed by atoms with Crippen LogP contribution in [0.3, 0.4) is 0 Å². The molecule has 2 rings (SSSR count). The fourth-order valence-electron chi connectivity index (χ4n) is 1.75. The molecule has 0 aliphatic carbocycles. The number of nitrogens with one attached hydrogen (secondary N) is 2. The standard InChI is InChI=1S/C14H12ClN3O4/c1-22-11-5-6-12(13(8-11)18(20)21)17-14(19)16-10-4-2-3-9(15)7-10/h2-8H,1H3,(H2,16,17,19). The zero-order chi connectivity index (χ0) is 16.1. The van der Waals surface area contributed by atoms with E-state index in [0.717, 1.165) is 0 Å². The van der Waals surface area contributed by atoms with Crippen LogP contribution in [0.25, 0.3) is 0 Å². The smallest absolute Gasteiger partial charge is 0.323 e. The number of benzene rings is 2. The van der Waals surface area contributed by atoms with E-state index in [9.17, 15) is 14.9 Å². The maximum absolute atomic E-state index is 11.9. The summed E-state index contributed by atoms with van der Waals surface area (Å²) in [6, 6.07) is 10.1. The van der Waals surface area contributed by atoms with Crippen LogP contribution in [0.4, 0.5) is 21.9 Å². The second-order valence-corrected chi connectivity index (χ2v) is 4.67. The second-order valence-electron chi connectivity index (χ2n) is 4.23. The van der Waals surface area contributed by atoms with Gasteiger partial charge >= 0.3 is 6.03 Å². The minimum absolute atomic E-state index is 0.0605. The van der Waals surface area contributed by atoms with Crippen LogP contribution in [-0.2, 0) is 0 Å². The van der Waals surface area contributed by atoms with Crippen molar-refractivity contribution < 1.29 is 14.5 Å². The van der Waals surface area contributed by atoms with Gasteiger partial charge in [0.1, 0.15) is 11.4 Å². The Morgan fingerprint density at radius 3 is 2.64 bits per heavy atom. The molecule has 0 aliphatic heterocycles. The molecule has 2 amide bonds. The van der Waals surface area contributed by atoms with Crippen LogP contribution in [0.2, 0.25) is 5.02 Å². The molecule has 7 nitrogen and oxygen atoms in total. The molecule has 0 aliphatic rings. The third-order valence-corrected chi connectivity index (χ3v) is 2.97. The first kappa shape index (κ1) is 15.6. The van der Waals surface area contributed by atoms with Crippen LogP contribution in [-0.4, -0.2) is 18.1 Å². The predicted octanol–water partition coefficient (Wildman–Crippen LogP) is 3.90. The number of anilines is 2. The highest BCUT2D eigenvalue weighted by Gasteiger charge is 2.17. The summed E-state index contributed by atoms with van der Waals surface area (Å²) in [6.45, 7) is 0.